The topological polar surface area (TPSA) is 51.8 Å². The number of pyridine rings is 3. The molecule has 0 aromatic carbocycles. The Morgan fingerprint density at radius 3 is 2.70 bits per heavy atom. The van der Waals surface area contributed by atoms with E-state index in [0.717, 1.165) is 45.6 Å². The Balaban J connectivity index is 1.58. The van der Waals surface area contributed by atoms with E-state index in [1.54, 1.807) is 0 Å². The molecule has 0 saturated heterocycles. The van der Waals surface area contributed by atoms with E-state index in [4.69, 9.17) is 9.40 Å². The van der Waals surface area contributed by atoms with Crippen LogP contribution in [-0.2, 0) is 6.42 Å². The number of furan rings is 1. The molecule has 0 amide bonds. The van der Waals surface area contributed by atoms with E-state index in [9.17, 15) is 0 Å². The van der Waals surface area contributed by atoms with Crippen LogP contribution in [0.25, 0.3) is 33.3 Å². The summed E-state index contributed by atoms with van der Waals surface area (Å²) in [4.78, 5) is 13.7. The van der Waals surface area contributed by atoms with Gasteiger partial charge in [-0.05, 0) is 55.5 Å². The lowest BCUT2D eigenvalue weighted by Gasteiger charge is -2.12. The maximum atomic E-state index is 6.11. The van der Waals surface area contributed by atoms with Crippen molar-refractivity contribution in [1.29, 1.82) is 0 Å². The molecule has 1 aliphatic carbocycles. The Bertz CT molecular complexity index is 1140. The summed E-state index contributed by atoms with van der Waals surface area (Å²) in [7, 11) is 0. The van der Waals surface area contributed by atoms with E-state index in [2.05, 4.69) is 29.0 Å². The van der Waals surface area contributed by atoms with Gasteiger partial charge in [0.15, 0.2) is 0 Å². The first kappa shape index (κ1) is 16.4. The van der Waals surface area contributed by atoms with Crippen molar-refractivity contribution in [2.24, 2.45) is 5.92 Å². The van der Waals surface area contributed by atoms with Gasteiger partial charge in [0.05, 0.1) is 11.3 Å². The van der Waals surface area contributed by atoms with Gasteiger partial charge in [0.25, 0.3) is 0 Å². The van der Waals surface area contributed by atoms with E-state index >= 15 is 0 Å². The van der Waals surface area contributed by atoms with Crippen LogP contribution < -0.4 is 0 Å². The van der Waals surface area contributed by atoms with Gasteiger partial charge in [0.2, 0.25) is 5.71 Å². The van der Waals surface area contributed by atoms with Crippen molar-refractivity contribution in [3.63, 3.8) is 0 Å². The predicted octanol–water partition coefficient (Wildman–Crippen LogP) is 5.79. The Labute approximate surface area is 158 Å². The summed E-state index contributed by atoms with van der Waals surface area (Å²) >= 11 is 0. The average Bonchev–Trinajstić information content (AvgIpc) is 3.30. The van der Waals surface area contributed by atoms with Crippen LogP contribution in [0.3, 0.4) is 0 Å². The summed E-state index contributed by atoms with van der Waals surface area (Å²) in [6, 6.07) is 6.23. The molecule has 1 aliphatic rings. The number of nitrogens with zero attached hydrogens (tertiary/aromatic N) is 3. The Kier molecular flexibility index (Phi) is 3.92. The Morgan fingerprint density at radius 1 is 1.04 bits per heavy atom. The molecular formula is C23H23N3O. The van der Waals surface area contributed by atoms with Crippen molar-refractivity contribution in [2.75, 3.05) is 0 Å². The molecule has 0 spiro atoms. The molecular weight excluding hydrogens is 334 g/mol. The van der Waals surface area contributed by atoms with Crippen molar-refractivity contribution in [2.45, 2.75) is 46.0 Å². The highest BCUT2D eigenvalue weighted by Crippen LogP contribution is 2.35. The standard InChI is InChI=1S/C23H23N3O/c1-14-9-21(25-11-17(14)10-16-5-3-4-6-16)20-13-24-12-19-18-8-7-15(2)26-23(18)27-22(19)20/h7-9,11-13,16H,3-6,10H2,1-2H3. The number of hydrogen-bond acceptors (Lipinski definition) is 4. The second-order valence-electron chi connectivity index (χ2n) is 7.82. The molecule has 4 heteroatoms. The minimum atomic E-state index is 0.661. The minimum absolute atomic E-state index is 0.661. The summed E-state index contributed by atoms with van der Waals surface area (Å²) in [6.07, 6.45) is 12.4. The van der Waals surface area contributed by atoms with Gasteiger partial charge in [0, 0.05) is 35.1 Å². The fourth-order valence-electron chi connectivity index (χ4n) is 4.32. The quantitative estimate of drug-likeness (QED) is 0.466. The molecule has 4 aromatic heterocycles. The highest BCUT2D eigenvalue weighted by atomic mass is 16.3. The predicted molar refractivity (Wildman–Crippen MR) is 108 cm³/mol. The zero-order valence-electron chi connectivity index (χ0n) is 15.8. The molecule has 1 fully saturated rings. The molecule has 0 aliphatic heterocycles. The van der Waals surface area contributed by atoms with Gasteiger partial charge >= 0.3 is 0 Å². The number of aryl methyl sites for hydroxylation is 2. The summed E-state index contributed by atoms with van der Waals surface area (Å²) in [5.41, 5.74) is 6.93. The minimum Gasteiger partial charge on any atom is -0.437 e. The fraction of sp³-hybridized carbons (Fsp3) is 0.348. The highest BCUT2D eigenvalue weighted by molar-refractivity contribution is 6.07. The van der Waals surface area contributed by atoms with Crippen LogP contribution in [0.2, 0.25) is 0 Å². The first-order valence-corrected chi connectivity index (χ1v) is 9.79. The lowest BCUT2D eigenvalue weighted by Crippen LogP contribution is -2.02. The molecule has 27 heavy (non-hydrogen) atoms. The van der Waals surface area contributed by atoms with Gasteiger partial charge in [-0.2, -0.15) is 0 Å². The molecule has 0 radical (unpaired) electrons. The summed E-state index contributed by atoms with van der Waals surface area (Å²) < 4.78 is 6.11. The molecule has 4 aromatic rings. The van der Waals surface area contributed by atoms with Crippen LogP contribution in [0.15, 0.2) is 41.2 Å². The average molecular weight is 357 g/mol. The van der Waals surface area contributed by atoms with E-state index in [0.29, 0.717) is 5.71 Å². The van der Waals surface area contributed by atoms with Crippen molar-refractivity contribution < 1.29 is 4.42 Å². The largest absolute Gasteiger partial charge is 0.437 e. The van der Waals surface area contributed by atoms with Gasteiger partial charge in [-0.15, -0.1) is 0 Å². The fourth-order valence-corrected chi connectivity index (χ4v) is 4.32. The molecule has 0 N–H and O–H groups in total. The summed E-state index contributed by atoms with van der Waals surface area (Å²) in [5.74, 6) is 0.825. The van der Waals surface area contributed by atoms with Gasteiger partial charge < -0.3 is 4.42 Å². The molecule has 0 bridgehead atoms. The van der Waals surface area contributed by atoms with Gasteiger partial charge in [0.1, 0.15) is 5.58 Å². The van der Waals surface area contributed by atoms with E-state index in [1.807, 2.05) is 31.6 Å². The normalized spacial score (nSPS) is 15.2. The van der Waals surface area contributed by atoms with Crippen LogP contribution in [-0.4, -0.2) is 15.0 Å². The number of rotatable bonds is 3. The van der Waals surface area contributed by atoms with Gasteiger partial charge in [-0.3, -0.25) is 9.97 Å². The first-order chi connectivity index (χ1) is 13.2. The molecule has 136 valence electrons. The zero-order chi connectivity index (χ0) is 18.4. The van der Waals surface area contributed by atoms with Crippen molar-refractivity contribution in [3.8, 4) is 11.3 Å². The Hall–Kier alpha value is -2.75. The van der Waals surface area contributed by atoms with E-state index in [-0.39, 0.29) is 0 Å². The third kappa shape index (κ3) is 2.89. The summed E-state index contributed by atoms with van der Waals surface area (Å²) in [6.45, 7) is 4.16. The maximum absolute atomic E-state index is 6.11. The van der Waals surface area contributed by atoms with Crippen LogP contribution in [0.1, 0.15) is 42.5 Å². The van der Waals surface area contributed by atoms with Crippen LogP contribution in [0.5, 0.6) is 0 Å². The second kappa shape index (κ2) is 6.45. The van der Waals surface area contributed by atoms with Gasteiger partial charge in [-0.1, -0.05) is 25.7 Å². The third-order valence-electron chi connectivity index (χ3n) is 5.86. The highest BCUT2D eigenvalue weighted by Gasteiger charge is 2.18. The molecule has 5 rings (SSSR count). The third-order valence-corrected chi connectivity index (χ3v) is 5.86. The number of hydrogen-bond donors (Lipinski definition) is 0. The SMILES string of the molecule is Cc1ccc2c(n1)oc1c(-c3cc(C)c(CC4CCCC4)cn3)cncc12. The number of aromatic nitrogens is 3. The molecule has 0 unspecified atom stereocenters. The molecule has 4 heterocycles. The van der Waals surface area contributed by atoms with Crippen LogP contribution in [0, 0.1) is 19.8 Å². The van der Waals surface area contributed by atoms with E-state index in [1.165, 1.54) is 36.8 Å². The van der Waals surface area contributed by atoms with Gasteiger partial charge in [-0.25, -0.2) is 4.98 Å². The van der Waals surface area contributed by atoms with E-state index < -0.39 is 0 Å². The van der Waals surface area contributed by atoms with Crippen molar-refractivity contribution in [1.82, 2.24) is 15.0 Å². The lowest BCUT2D eigenvalue weighted by atomic mass is 9.95. The zero-order valence-corrected chi connectivity index (χ0v) is 15.8. The van der Waals surface area contributed by atoms with Crippen molar-refractivity contribution >= 4 is 22.1 Å². The smallest absolute Gasteiger partial charge is 0.227 e. The second-order valence-corrected chi connectivity index (χ2v) is 7.82. The number of fused-ring (bicyclic) bond motifs is 3. The molecule has 4 nitrogen and oxygen atoms in total. The molecule has 0 atom stereocenters. The summed E-state index contributed by atoms with van der Waals surface area (Å²) in [5, 5.41) is 1.99. The maximum Gasteiger partial charge on any atom is 0.227 e. The van der Waals surface area contributed by atoms with Crippen LogP contribution >= 0.6 is 0 Å². The lowest BCUT2D eigenvalue weighted by molar-refractivity contribution is 0.544. The van der Waals surface area contributed by atoms with Crippen LogP contribution in [0.4, 0.5) is 0 Å². The Morgan fingerprint density at radius 2 is 1.89 bits per heavy atom. The van der Waals surface area contributed by atoms with Crippen molar-refractivity contribution in [3.05, 3.63) is 53.6 Å². The molecule has 1 saturated carbocycles. The first-order valence-electron chi connectivity index (χ1n) is 9.79. The monoisotopic (exact) mass is 357 g/mol.